The first-order valence-electron chi connectivity index (χ1n) is 8.97. The third kappa shape index (κ3) is 7.63. The summed E-state index contributed by atoms with van der Waals surface area (Å²) in [4.78, 5) is 8.87. The fourth-order valence-corrected chi connectivity index (χ4v) is 4.22. The zero-order chi connectivity index (χ0) is 20.1. The van der Waals surface area contributed by atoms with Gasteiger partial charge in [0, 0.05) is 51.0 Å². The van der Waals surface area contributed by atoms with Crippen LogP contribution in [0.15, 0.2) is 29.3 Å². The van der Waals surface area contributed by atoms with Gasteiger partial charge in [-0.05, 0) is 38.1 Å². The molecule has 1 fully saturated rings. The standard InChI is InChI=1S/C18H31N5O3S.HI/c1-18(2,21-27(5,24)25)14-20-17(19-3)23-12-10-22(11-13-23)15-6-8-16(26-4)9-7-15;/h6-9,21H,10-14H2,1-5H3,(H,19,20);1H. The predicted molar refractivity (Wildman–Crippen MR) is 126 cm³/mol. The lowest BCUT2D eigenvalue weighted by Gasteiger charge is -2.38. The number of nitrogens with one attached hydrogen (secondary N) is 2. The lowest BCUT2D eigenvalue weighted by atomic mass is 10.1. The van der Waals surface area contributed by atoms with Crippen molar-refractivity contribution in [1.82, 2.24) is 14.9 Å². The van der Waals surface area contributed by atoms with Gasteiger partial charge in [-0.3, -0.25) is 4.99 Å². The average Bonchev–Trinajstić information content (AvgIpc) is 2.61. The summed E-state index contributed by atoms with van der Waals surface area (Å²) in [5.74, 6) is 1.64. The van der Waals surface area contributed by atoms with E-state index in [2.05, 4.69) is 37.0 Å². The van der Waals surface area contributed by atoms with E-state index in [0.29, 0.717) is 6.54 Å². The van der Waals surface area contributed by atoms with E-state index in [1.807, 2.05) is 26.0 Å². The molecule has 0 radical (unpaired) electrons. The van der Waals surface area contributed by atoms with Gasteiger partial charge in [0.1, 0.15) is 5.75 Å². The van der Waals surface area contributed by atoms with Crippen LogP contribution in [-0.2, 0) is 10.0 Å². The highest BCUT2D eigenvalue weighted by Crippen LogP contribution is 2.20. The number of benzene rings is 1. The summed E-state index contributed by atoms with van der Waals surface area (Å²) < 4.78 is 30.8. The molecule has 8 nitrogen and oxygen atoms in total. The Kier molecular flexibility index (Phi) is 9.28. The van der Waals surface area contributed by atoms with Crippen molar-refractivity contribution in [2.75, 3.05) is 58.0 Å². The Balaban J connectivity index is 0.00000392. The van der Waals surface area contributed by atoms with Crippen LogP contribution in [0.25, 0.3) is 0 Å². The minimum absolute atomic E-state index is 0. The second kappa shape index (κ2) is 10.5. The fourth-order valence-electron chi connectivity index (χ4n) is 3.14. The number of guanidine groups is 1. The van der Waals surface area contributed by atoms with E-state index in [1.165, 1.54) is 11.9 Å². The largest absolute Gasteiger partial charge is 0.497 e. The van der Waals surface area contributed by atoms with Crippen LogP contribution < -0.4 is 19.7 Å². The van der Waals surface area contributed by atoms with Crippen LogP contribution >= 0.6 is 24.0 Å². The first-order chi connectivity index (χ1) is 12.6. The Morgan fingerprint density at radius 3 is 2.21 bits per heavy atom. The molecule has 0 atom stereocenters. The maximum absolute atomic E-state index is 11.5. The van der Waals surface area contributed by atoms with Crippen molar-refractivity contribution < 1.29 is 13.2 Å². The minimum Gasteiger partial charge on any atom is -0.497 e. The summed E-state index contributed by atoms with van der Waals surface area (Å²) in [6.45, 7) is 7.59. The number of hydrogen-bond acceptors (Lipinski definition) is 5. The topological polar surface area (TPSA) is 86.3 Å². The van der Waals surface area contributed by atoms with Gasteiger partial charge in [0.15, 0.2) is 5.96 Å². The van der Waals surface area contributed by atoms with Crippen molar-refractivity contribution in [3.8, 4) is 5.75 Å². The Morgan fingerprint density at radius 1 is 1.18 bits per heavy atom. The molecule has 0 saturated carbocycles. The highest BCUT2D eigenvalue weighted by molar-refractivity contribution is 14.0. The minimum atomic E-state index is -3.26. The number of anilines is 1. The maximum atomic E-state index is 11.5. The van der Waals surface area contributed by atoms with Crippen molar-refractivity contribution in [3.63, 3.8) is 0 Å². The van der Waals surface area contributed by atoms with Gasteiger partial charge in [0.2, 0.25) is 10.0 Å². The van der Waals surface area contributed by atoms with Crippen LogP contribution in [0.1, 0.15) is 13.8 Å². The molecule has 10 heteroatoms. The van der Waals surface area contributed by atoms with Crippen LogP contribution in [0.2, 0.25) is 0 Å². The zero-order valence-corrected chi connectivity index (χ0v) is 20.4. The molecule has 0 unspecified atom stereocenters. The Hall–Kier alpha value is -1.27. The van der Waals surface area contributed by atoms with E-state index in [1.54, 1.807) is 14.2 Å². The van der Waals surface area contributed by atoms with Gasteiger partial charge in [0.05, 0.1) is 13.4 Å². The van der Waals surface area contributed by atoms with Gasteiger partial charge < -0.3 is 19.9 Å². The van der Waals surface area contributed by atoms with Gasteiger partial charge in [-0.2, -0.15) is 0 Å². The number of piperazine rings is 1. The summed E-state index contributed by atoms with van der Waals surface area (Å²) >= 11 is 0. The molecule has 2 rings (SSSR count). The first kappa shape index (κ1) is 24.8. The summed E-state index contributed by atoms with van der Waals surface area (Å²) in [7, 11) is 0.148. The number of halogens is 1. The highest BCUT2D eigenvalue weighted by atomic mass is 127. The smallest absolute Gasteiger partial charge is 0.209 e. The summed E-state index contributed by atoms with van der Waals surface area (Å²) in [6, 6.07) is 8.08. The lowest BCUT2D eigenvalue weighted by molar-refractivity contribution is 0.362. The molecule has 160 valence electrons. The van der Waals surface area contributed by atoms with Gasteiger partial charge in [-0.15, -0.1) is 24.0 Å². The molecule has 1 aromatic rings. The average molecular weight is 525 g/mol. The molecule has 1 heterocycles. The third-order valence-electron chi connectivity index (χ3n) is 4.38. The number of sulfonamides is 1. The second-order valence-electron chi connectivity index (χ2n) is 7.33. The van der Waals surface area contributed by atoms with Gasteiger partial charge in [0.25, 0.3) is 0 Å². The SMILES string of the molecule is CN=C(NCC(C)(C)NS(C)(=O)=O)N1CCN(c2ccc(OC)cc2)CC1.I. The Morgan fingerprint density at radius 2 is 1.75 bits per heavy atom. The number of hydrogen-bond donors (Lipinski definition) is 2. The van der Waals surface area contributed by atoms with Gasteiger partial charge in [-0.1, -0.05) is 0 Å². The summed E-state index contributed by atoms with van der Waals surface area (Å²) in [6.07, 6.45) is 1.17. The molecule has 2 N–H and O–H groups in total. The normalized spacial score (nSPS) is 15.8. The van der Waals surface area contributed by atoms with Gasteiger partial charge in [-0.25, -0.2) is 13.1 Å². The lowest BCUT2D eigenvalue weighted by Crippen LogP contribution is -2.56. The molecule has 0 spiro atoms. The molecule has 0 aliphatic carbocycles. The Labute approximate surface area is 185 Å². The molecule has 0 amide bonds. The van der Waals surface area contributed by atoms with E-state index >= 15 is 0 Å². The monoisotopic (exact) mass is 525 g/mol. The maximum Gasteiger partial charge on any atom is 0.209 e. The fraction of sp³-hybridized carbons (Fsp3) is 0.611. The van der Waals surface area contributed by atoms with Crippen LogP contribution in [0, 0.1) is 0 Å². The van der Waals surface area contributed by atoms with Crippen LogP contribution in [-0.4, -0.2) is 78.0 Å². The predicted octanol–water partition coefficient (Wildman–Crippen LogP) is 1.34. The third-order valence-corrected chi connectivity index (χ3v) is 5.30. The highest BCUT2D eigenvalue weighted by Gasteiger charge is 2.25. The van der Waals surface area contributed by atoms with E-state index in [4.69, 9.17) is 4.74 Å². The van der Waals surface area contributed by atoms with Crippen molar-refractivity contribution in [3.05, 3.63) is 24.3 Å². The molecule has 28 heavy (non-hydrogen) atoms. The van der Waals surface area contributed by atoms with Crippen LogP contribution in [0.3, 0.4) is 0 Å². The van der Waals surface area contributed by atoms with Crippen LogP contribution in [0.4, 0.5) is 5.69 Å². The molecule has 0 bridgehead atoms. The number of aliphatic imine (C=N–C) groups is 1. The second-order valence-corrected chi connectivity index (χ2v) is 9.08. The summed E-state index contributed by atoms with van der Waals surface area (Å²) in [5.41, 5.74) is 0.575. The summed E-state index contributed by atoms with van der Waals surface area (Å²) in [5, 5.41) is 3.29. The Bertz CT molecular complexity index is 745. The molecule has 1 aromatic carbocycles. The zero-order valence-electron chi connectivity index (χ0n) is 17.2. The van der Waals surface area contributed by atoms with Crippen LogP contribution in [0.5, 0.6) is 5.75 Å². The van der Waals surface area contributed by atoms with E-state index in [0.717, 1.165) is 37.9 Å². The number of rotatable bonds is 6. The number of nitrogens with zero attached hydrogens (tertiary/aromatic N) is 3. The number of methoxy groups -OCH3 is 1. The van der Waals surface area contributed by atoms with E-state index in [-0.39, 0.29) is 24.0 Å². The first-order valence-corrected chi connectivity index (χ1v) is 10.9. The van der Waals surface area contributed by atoms with E-state index in [9.17, 15) is 8.42 Å². The van der Waals surface area contributed by atoms with Crippen molar-refractivity contribution in [2.45, 2.75) is 19.4 Å². The molecular weight excluding hydrogens is 493 g/mol. The quantitative estimate of drug-likeness (QED) is 0.331. The number of ether oxygens (including phenoxy) is 1. The van der Waals surface area contributed by atoms with Crippen molar-refractivity contribution in [1.29, 1.82) is 0 Å². The molecule has 1 saturated heterocycles. The van der Waals surface area contributed by atoms with Crippen molar-refractivity contribution in [2.24, 2.45) is 4.99 Å². The molecule has 1 aliphatic heterocycles. The van der Waals surface area contributed by atoms with E-state index < -0.39 is 15.6 Å². The molecule has 1 aliphatic rings. The molecule has 0 aromatic heterocycles. The van der Waals surface area contributed by atoms with Crippen molar-refractivity contribution >= 4 is 45.6 Å². The molecular formula is C18H32IN5O3S. The van der Waals surface area contributed by atoms with Gasteiger partial charge >= 0.3 is 0 Å².